The maximum absolute atomic E-state index is 12.3. The summed E-state index contributed by atoms with van der Waals surface area (Å²) in [6.07, 6.45) is 2.65. The standard InChI is InChI=1S/C15H17N3O3S/c16-15-18-11-6-3-9(7-12(11)22-15)13(19)17-10-4-1-8(2-5-10)14(20)21/h3,6-8,10H,1-2,4-5H2,(H2,16,18)(H,17,19)(H,20,21). The van der Waals surface area contributed by atoms with Gasteiger partial charge in [-0.15, -0.1) is 0 Å². The van der Waals surface area contributed by atoms with Crippen LogP contribution in [0, 0.1) is 5.92 Å². The number of aromatic nitrogens is 1. The summed E-state index contributed by atoms with van der Waals surface area (Å²) in [6, 6.07) is 5.37. The van der Waals surface area contributed by atoms with Gasteiger partial charge in [-0.3, -0.25) is 9.59 Å². The topological polar surface area (TPSA) is 105 Å². The molecule has 1 fully saturated rings. The smallest absolute Gasteiger partial charge is 0.306 e. The predicted octanol–water partition coefficient (Wildman–Crippen LogP) is 2.25. The van der Waals surface area contributed by atoms with E-state index in [4.69, 9.17) is 10.8 Å². The maximum atomic E-state index is 12.3. The van der Waals surface area contributed by atoms with Gasteiger partial charge in [-0.25, -0.2) is 4.98 Å². The maximum Gasteiger partial charge on any atom is 0.306 e. The van der Waals surface area contributed by atoms with E-state index in [1.54, 1.807) is 18.2 Å². The van der Waals surface area contributed by atoms with Crippen LogP contribution < -0.4 is 11.1 Å². The Morgan fingerprint density at radius 1 is 1.27 bits per heavy atom. The molecule has 1 aromatic carbocycles. The highest BCUT2D eigenvalue weighted by Crippen LogP contribution is 2.26. The zero-order chi connectivity index (χ0) is 15.7. The van der Waals surface area contributed by atoms with Crippen LogP contribution in [0.2, 0.25) is 0 Å². The van der Waals surface area contributed by atoms with Gasteiger partial charge in [0.25, 0.3) is 5.91 Å². The molecule has 1 aliphatic carbocycles. The first kappa shape index (κ1) is 14.8. The van der Waals surface area contributed by atoms with Crippen LogP contribution in [0.5, 0.6) is 0 Å². The molecule has 0 radical (unpaired) electrons. The van der Waals surface area contributed by atoms with Gasteiger partial charge in [0.05, 0.1) is 16.1 Å². The number of fused-ring (bicyclic) bond motifs is 1. The van der Waals surface area contributed by atoms with Crippen molar-refractivity contribution in [1.82, 2.24) is 10.3 Å². The van der Waals surface area contributed by atoms with Crippen LogP contribution >= 0.6 is 11.3 Å². The van der Waals surface area contributed by atoms with Crippen molar-refractivity contribution in [3.63, 3.8) is 0 Å². The number of carbonyl (C=O) groups excluding carboxylic acids is 1. The average Bonchev–Trinajstić information content (AvgIpc) is 2.86. The second-order valence-corrected chi connectivity index (χ2v) is 6.66. The molecular formula is C15H17N3O3S. The zero-order valence-electron chi connectivity index (χ0n) is 11.9. The molecule has 0 bridgehead atoms. The van der Waals surface area contributed by atoms with Crippen LogP contribution in [-0.2, 0) is 4.79 Å². The number of benzene rings is 1. The van der Waals surface area contributed by atoms with E-state index >= 15 is 0 Å². The van der Waals surface area contributed by atoms with E-state index in [2.05, 4.69) is 10.3 Å². The molecule has 1 saturated carbocycles. The summed E-state index contributed by atoms with van der Waals surface area (Å²) in [5.74, 6) is -1.14. The second-order valence-electron chi connectivity index (χ2n) is 5.59. The molecule has 116 valence electrons. The third-order valence-corrected chi connectivity index (χ3v) is 4.93. The number of carboxylic acids is 1. The number of hydrogen-bond donors (Lipinski definition) is 3. The van der Waals surface area contributed by atoms with Crippen molar-refractivity contribution in [3.8, 4) is 0 Å². The number of nitrogens with two attached hydrogens (primary N) is 1. The lowest BCUT2D eigenvalue weighted by Crippen LogP contribution is -2.38. The first-order valence-corrected chi connectivity index (χ1v) is 8.04. The molecule has 1 amide bonds. The molecule has 0 atom stereocenters. The Labute approximate surface area is 131 Å². The number of carbonyl (C=O) groups is 2. The number of nitrogens with one attached hydrogen (secondary N) is 1. The first-order chi connectivity index (χ1) is 10.5. The molecule has 0 spiro atoms. The molecule has 7 heteroatoms. The van der Waals surface area contributed by atoms with Gasteiger partial charge in [-0.05, 0) is 43.9 Å². The van der Waals surface area contributed by atoms with E-state index in [0.717, 1.165) is 10.2 Å². The van der Waals surface area contributed by atoms with Gasteiger partial charge in [-0.2, -0.15) is 0 Å². The number of anilines is 1. The molecular weight excluding hydrogens is 302 g/mol. The molecule has 0 aliphatic heterocycles. The van der Waals surface area contributed by atoms with Crippen LogP contribution in [0.4, 0.5) is 5.13 Å². The summed E-state index contributed by atoms with van der Waals surface area (Å²) < 4.78 is 0.889. The van der Waals surface area contributed by atoms with E-state index in [0.29, 0.717) is 36.4 Å². The minimum absolute atomic E-state index is 0.0466. The van der Waals surface area contributed by atoms with Gasteiger partial charge in [0.15, 0.2) is 5.13 Å². The van der Waals surface area contributed by atoms with Crippen molar-refractivity contribution < 1.29 is 14.7 Å². The van der Waals surface area contributed by atoms with Crippen LogP contribution in [-0.4, -0.2) is 28.0 Å². The minimum Gasteiger partial charge on any atom is -0.481 e. The number of carboxylic acid groups (broad SMARTS) is 1. The molecule has 22 heavy (non-hydrogen) atoms. The average molecular weight is 319 g/mol. The van der Waals surface area contributed by atoms with Crippen LogP contribution in [0.15, 0.2) is 18.2 Å². The lowest BCUT2D eigenvalue weighted by Gasteiger charge is -2.26. The Morgan fingerprint density at radius 3 is 2.68 bits per heavy atom. The highest BCUT2D eigenvalue weighted by atomic mass is 32.1. The van der Waals surface area contributed by atoms with E-state index < -0.39 is 5.97 Å². The Bertz CT molecular complexity index is 720. The third kappa shape index (κ3) is 3.04. The van der Waals surface area contributed by atoms with E-state index in [1.165, 1.54) is 11.3 Å². The van der Waals surface area contributed by atoms with Crippen molar-refractivity contribution >= 4 is 38.6 Å². The number of rotatable bonds is 3. The third-order valence-electron chi connectivity index (χ3n) is 4.08. The largest absolute Gasteiger partial charge is 0.481 e. The highest BCUT2D eigenvalue weighted by Gasteiger charge is 2.26. The number of aliphatic carboxylic acids is 1. The lowest BCUT2D eigenvalue weighted by atomic mass is 9.86. The predicted molar refractivity (Wildman–Crippen MR) is 84.9 cm³/mol. The fraction of sp³-hybridized carbons (Fsp3) is 0.400. The van der Waals surface area contributed by atoms with E-state index in [-0.39, 0.29) is 17.9 Å². The fourth-order valence-electron chi connectivity index (χ4n) is 2.84. The van der Waals surface area contributed by atoms with E-state index in [1.807, 2.05) is 0 Å². The number of thiazole rings is 1. The molecule has 0 saturated heterocycles. The van der Waals surface area contributed by atoms with Crippen LogP contribution in [0.3, 0.4) is 0 Å². The van der Waals surface area contributed by atoms with Gasteiger partial charge < -0.3 is 16.2 Å². The fourth-order valence-corrected chi connectivity index (χ4v) is 3.61. The zero-order valence-corrected chi connectivity index (χ0v) is 12.7. The van der Waals surface area contributed by atoms with Crippen molar-refractivity contribution in [2.24, 2.45) is 5.92 Å². The van der Waals surface area contributed by atoms with Crippen molar-refractivity contribution in [1.29, 1.82) is 0 Å². The summed E-state index contributed by atoms with van der Waals surface area (Å²) in [7, 11) is 0. The van der Waals surface area contributed by atoms with E-state index in [9.17, 15) is 9.59 Å². The Hall–Kier alpha value is -2.15. The molecule has 0 unspecified atom stereocenters. The molecule has 1 aliphatic rings. The number of nitrogen functional groups attached to an aromatic ring is 1. The van der Waals surface area contributed by atoms with Gasteiger partial charge in [0.2, 0.25) is 0 Å². The number of nitrogens with zero attached hydrogens (tertiary/aromatic N) is 1. The minimum atomic E-state index is -0.738. The Morgan fingerprint density at radius 2 is 2.00 bits per heavy atom. The number of amides is 1. The molecule has 6 nitrogen and oxygen atoms in total. The van der Waals surface area contributed by atoms with Gasteiger partial charge in [-0.1, -0.05) is 11.3 Å². The van der Waals surface area contributed by atoms with Crippen LogP contribution in [0.25, 0.3) is 10.2 Å². The Balaban J connectivity index is 1.65. The van der Waals surface area contributed by atoms with Crippen LogP contribution in [0.1, 0.15) is 36.0 Å². The second kappa shape index (κ2) is 5.92. The molecule has 4 N–H and O–H groups in total. The van der Waals surface area contributed by atoms with Gasteiger partial charge >= 0.3 is 5.97 Å². The summed E-state index contributed by atoms with van der Waals surface area (Å²) in [5.41, 5.74) is 7.04. The van der Waals surface area contributed by atoms with Crippen molar-refractivity contribution in [3.05, 3.63) is 23.8 Å². The summed E-state index contributed by atoms with van der Waals surface area (Å²) in [6.45, 7) is 0. The van der Waals surface area contributed by atoms with Crippen molar-refractivity contribution in [2.45, 2.75) is 31.7 Å². The monoisotopic (exact) mass is 319 g/mol. The SMILES string of the molecule is Nc1nc2ccc(C(=O)NC3CCC(C(=O)O)CC3)cc2s1. The molecule has 1 heterocycles. The van der Waals surface area contributed by atoms with Crippen molar-refractivity contribution in [2.75, 3.05) is 5.73 Å². The molecule has 2 aromatic rings. The molecule has 3 rings (SSSR count). The lowest BCUT2D eigenvalue weighted by molar-refractivity contribution is -0.142. The van der Waals surface area contributed by atoms with Gasteiger partial charge in [0, 0.05) is 11.6 Å². The van der Waals surface area contributed by atoms with Gasteiger partial charge in [0.1, 0.15) is 0 Å². The summed E-state index contributed by atoms with van der Waals surface area (Å²) in [4.78, 5) is 27.4. The summed E-state index contributed by atoms with van der Waals surface area (Å²) >= 11 is 1.35. The molecule has 1 aromatic heterocycles. The summed E-state index contributed by atoms with van der Waals surface area (Å²) in [5, 5.41) is 12.5. The number of hydrogen-bond acceptors (Lipinski definition) is 5. The normalized spacial score (nSPS) is 21.6. The first-order valence-electron chi connectivity index (χ1n) is 7.22. The quantitative estimate of drug-likeness (QED) is 0.804. The highest BCUT2D eigenvalue weighted by molar-refractivity contribution is 7.22. The Kier molecular flexibility index (Phi) is 3.98.